The molecule has 0 aromatic carbocycles. The van der Waals surface area contributed by atoms with Gasteiger partial charge in [-0.15, -0.1) is 0 Å². The first-order valence-corrected chi connectivity index (χ1v) is 5.16. The minimum Gasteiger partial charge on any atom is -0.463 e. The first kappa shape index (κ1) is 15.1. The Balaban J connectivity index is 4.32. The number of nitro groups is 1. The van der Waals surface area contributed by atoms with Crippen LogP contribution in [0, 0.1) is 10.1 Å². The summed E-state index contributed by atoms with van der Waals surface area (Å²) in [5, 5.41) is 10.6. The highest BCUT2D eigenvalue weighted by Gasteiger charge is 2.29. The molecule has 0 aromatic rings. The van der Waals surface area contributed by atoms with Gasteiger partial charge < -0.3 is 9.47 Å². The van der Waals surface area contributed by atoms with E-state index in [4.69, 9.17) is 0 Å². The van der Waals surface area contributed by atoms with Crippen molar-refractivity contribution in [3.05, 3.63) is 22.3 Å². The van der Waals surface area contributed by atoms with Crippen LogP contribution in [-0.4, -0.2) is 36.1 Å². The summed E-state index contributed by atoms with van der Waals surface area (Å²) in [5.41, 5.74) is 0. The third-order valence-electron chi connectivity index (χ3n) is 1.71. The monoisotopic (exact) mass is 245 g/mol. The minimum absolute atomic E-state index is 0.0742. The molecule has 0 aliphatic carbocycles. The van der Waals surface area contributed by atoms with E-state index in [1.165, 1.54) is 6.08 Å². The molecule has 0 saturated heterocycles. The second-order valence-electron chi connectivity index (χ2n) is 2.94. The van der Waals surface area contributed by atoms with Gasteiger partial charge in [0.2, 0.25) is 0 Å². The van der Waals surface area contributed by atoms with Crippen LogP contribution in [0.4, 0.5) is 0 Å². The largest absolute Gasteiger partial charge is 0.463 e. The molecule has 0 spiro atoms. The van der Waals surface area contributed by atoms with Gasteiger partial charge in [0.05, 0.1) is 13.2 Å². The fourth-order valence-electron chi connectivity index (χ4n) is 0.990. The van der Waals surface area contributed by atoms with Crippen LogP contribution in [0.5, 0.6) is 0 Å². The zero-order valence-corrected chi connectivity index (χ0v) is 9.75. The molecule has 0 N–H and O–H groups in total. The van der Waals surface area contributed by atoms with Crippen LogP contribution in [0.3, 0.4) is 0 Å². The lowest BCUT2D eigenvalue weighted by Gasteiger charge is -2.05. The Morgan fingerprint density at radius 2 is 1.88 bits per heavy atom. The number of carbonyl (C=O) groups is 2. The summed E-state index contributed by atoms with van der Waals surface area (Å²) < 4.78 is 9.12. The number of carbonyl (C=O) groups excluding carboxylic acids is 2. The summed E-state index contributed by atoms with van der Waals surface area (Å²) in [6, 6.07) is -1.49. The van der Waals surface area contributed by atoms with Crippen LogP contribution < -0.4 is 0 Å². The topological polar surface area (TPSA) is 95.7 Å². The summed E-state index contributed by atoms with van der Waals surface area (Å²) in [6.07, 6.45) is 2.08. The van der Waals surface area contributed by atoms with Gasteiger partial charge in [-0.1, -0.05) is 6.08 Å². The van der Waals surface area contributed by atoms with Gasteiger partial charge in [0.25, 0.3) is 0 Å². The SMILES string of the molecule is CCOC(=O)/C=C/CC(C(=O)OCC)[N+](=O)[O-]. The van der Waals surface area contributed by atoms with Crippen LogP contribution in [0.2, 0.25) is 0 Å². The van der Waals surface area contributed by atoms with Crippen molar-refractivity contribution in [2.24, 2.45) is 0 Å². The second kappa shape index (κ2) is 8.26. The summed E-state index contributed by atoms with van der Waals surface area (Å²) in [4.78, 5) is 31.9. The summed E-state index contributed by atoms with van der Waals surface area (Å²) in [5.74, 6) is -1.51. The van der Waals surface area contributed by atoms with Gasteiger partial charge in [0.1, 0.15) is 0 Å². The van der Waals surface area contributed by atoms with E-state index in [9.17, 15) is 19.7 Å². The molecular weight excluding hydrogens is 230 g/mol. The molecule has 7 heteroatoms. The van der Waals surface area contributed by atoms with E-state index in [2.05, 4.69) is 9.47 Å². The Morgan fingerprint density at radius 3 is 2.35 bits per heavy atom. The molecular formula is C10H15NO6. The van der Waals surface area contributed by atoms with Crippen molar-refractivity contribution < 1.29 is 24.0 Å². The Bertz CT molecular complexity index is 312. The Morgan fingerprint density at radius 1 is 1.29 bits per heavy atom. The second-order valence-corrected chi connectivity index (χ2v) is 2.94. The molecule has 0 aliphatic heterocycles. The number of rotatable bonds is 7. The molecule has 96 valence electrons. The first-order valence-electron chi connectivity index (χ1n) is 5.16. The quantitative estimate of drug-likeness (QED) is 0.283. The zero-order valence-electron chi connectivity index (χ0n) is 9.75. The van der Waals surface area contributed by atoms with Crippen LogP contribution in [0.15, 0.2) is 12.2 Å². The van der Waals surface area contributed by atoms with Crippen LogP contribution in [0.1, 0.15) is 20.3 Å². The molecule has 0 amide bonds. The third-order valence-corrected chi connectivity index (χ3v) is 1.71. The standard InChI is InChI=1S/C10H15NO6/c1-3-16-9(12)7-5-6-8(11(14)15)10(13)17-4-2/h5,7-8H,3-4,6H2,1-2H3/b7-5+. The molecule has 17 heavy (non-hydrogen) atoms. The van der Waals surface area contributed by atoms with E-state index in [0.717, 1.165) is 6.08 Å². The molecule has 0 aliphatic rings. The Kier molecular flexibility index (Phi) is 7.32. The highest BCUT2D eigenvalue weighted by atomic mass is 16.6. The molecule has 0 rings (SSSR count). The first-order chi connectivity index (χ1) is 8.02. The van der Waals surface area contributed by atoms with Gasteiger partial charge in [0, 0.05) is 17.4 Å². The van der Waals surface area contributed by atoms with E-state index in [-0.39, 0.29) is 19.6 Å². The van der Waals surface area contributed by atoms with Gasteiger partial charge in [-0.2, -0.15) is 0 Å². The normalized spacial score (nSPS) is 12.1. The molecule has 1 unspecified atom stereocenters. The Labute approximate surface area is 98.5 Å². The fourth-order valence-corrected chi connectivity index (χ4v) is 0.990. The lowest BCUT2D eigenvalue weighted by Crippen LogP contribution is -2.30. The van der Waals surface area contributed by atoms with E-state index in [1.54, 1.807) is 13.8 Å². The maximum atomic E-state index is 11.2. The predicted molar refractivity (Wildman–Crippen MR) is 57.8 cm³/mol. The maximum Gasteiger partial charge on any atom is 0.381 e. The summed E-state index contributed by atoms with van der Waals surface area (Å²) >= 11 is 0. The number of esters is 2. The van der Waals surface area contributed by atoms with Crippen molar-refractivity contribution in [2.75, 3.05) is 13.2 Å². The fraction of sp³-hybridized carbons (Fsp3) is 0.600. The van der Waals surface area contributed by atoms with E-state index in [1.807, 2.05) is 0 Å². The third kappa shape index (κ3) is 6.29. The number of hydrogen-bond acceptors (Lipinski definition) is 6. The lowest BCUT2D eigenvalue weighted by atomic mass is 10.2. The van der Waals surface area contributed by atoms with Crippen LogP contribution in [-0.2, 0) is 19.1 Å². The van der Waals surface area contributed by atoms with Crippen LogP contribution in [0.25, 0.3) is 0 Å². The lowest BCUT2D eigenvalue weighted by molar-refractivity contribution is -0.509. The molecule has 0 fully saturated rings. The van der Waals surface area contributed by atoms with Crippen molar-refractivity contribution in [1.29, 1.82) is 0 Å². The molecule has 0 aromatic heterocycles. The van der Waals surface area contributed by atoms with E-state index >= 15 is 0 Å². The van der Waals surface area contributed by atoms with Crippen molar-refractivity contribution in [1.82, 2.24) is 0 Å². The summed E-state index contributed by atoms with van der Waals surface area (Å²) in [6.45, 7) is 3.50. The van der Waals surface area contributed by atoms with E-state index < -0.39 is 22.9 Å². The zero-order chi connectivity index (χ0) is 13.3. The average molecular weight is 245 g/mol. The van der Waals surface area contributed by atoms with E-state index in [0.29, 0.717) is 0 Å². The molecule has 0 radical (unpaired) electrons. The van der Waals surface area contributed by atoms with Gasteiger partial charge >= 0.3 is 18.0 Å². The van der Waals surface area contributed by atoms with Crippen LogP contribution >= 0.6 is 0 Å². The molecule has 0 bridgehead atoms. The molecule has 0 saturated carbocycles. The predicted octanol–water partition coefficient (Wildman–Crippen LogP) is 0.704. The number of hydrogen-bond donors (Lipinski definition) is 0. The molecule has 0 heterocycles. The van der Waals surface area contributed by atoms with Crippen molar-refractivity contribution in [3.8, 4) is 0 Å². The highest BCUT2D eigenvalue weighted by Crippen LogP contribution is 2.02. The Hall–Kier alpha value is -1.92. The molecule has 7 nitrogen and oxygen atoms in total. The highest BCUT2D eigenvalue weighted by molar-refractivity contribution is 5.82. The van der Waals surface area contributed by atoms with Gasteiger partial charge in [0.15, 0.2) is 0 Å². The molecule has 1 atom stereocenters. The van der Waals surface area contributed by atoms with Gasteiger partial charge in [-0.05, 0) is 13.8 Å². The minimum atomic E-state index is -1.49. The average Bonchev–Trinajstić information content (AvgIpc) is 2.24. The van der Waals surface area contributed by atoms with Crippen molar-refractivity contribution in [2.45, 2.75) is 26.3 Å². The smallest absolute Gasteiger partial charge is 0.381 e. The van der Waals surface area contributed by atoms with Gasteiger partial charge in [-0.3, -0.25) is 10.1 Å². The number of nitrogens with zero attached hydrogens (tertiary/aromatic N) is 1. The summed E-state index contributed by atoms with van der Waals surface area (Å²) in [7, 11) is 0. The maximum absolute atomic E-state index is 11.2. The van der Waals surface area contributed by atoms with Gasteiger partial charge in [-0.25, -0.2) is 9.59 Å². The van der Waals surface area contributed by atoms with Crippen molar-refractivity contribution in [3.63, 3.8) is 0 Å². The van der Waals surface area contributed by atoms with Crippen molar-refractivity contribution >= 4 is 11.9 Å². The number of ether oxygens (including phenoxy) is 2.